The van der Waals surface area contributed by atoms with Crippen molar-refractivity contribution in [3.63, 3.8) is 0 Å². The van der Waals surface area contributed by atoms with E-state index in [1.807, 2.05) is 19.1 Å². The third-order valence-corrected chi connectivity index (χ3v) is 4.38. The van der Waals surface area contributed by atoms with Gasteiger partial charge in [-0.25, -0.2) is 0 Å². The molecule has 0 aliphatic heterocycles. The Balaban J connectivity index is 2.61. The first-order valence-corrected chi connectivity index (χ1v) is 7.29. The second-order valence-electron chi connectivity index (χ2n) is 5.71. The largest absolute Gasteiger partial charge is 0.320 e. The van der Waals surface area contributed by atoms with Gasteiger partial charge in [-0.1, -0.05) is 23.7 Å². The maximum absolute atomic E-state index is 6.53. The van der Waals surface area contributed by atoms with Gasteiger partial charge in [0.2, 0.25) is 0 Å². The molecular formula is C18H22ClN. The molecule has 0 saturated carbocycles. The summed E-state index contributed by atoms with van der Waals surface area (Å²) in [5.74, 6) is 0. The Bertz CT molecular complexity index is 612. The van der Waals surface area contributed by atoms with Crippen molar-refractivity contribution in [2.75, 3.05) is 0 Å². The lowest BCUT2D eigenvalue weighted by Crippen LogP contribution is -2.16. The lowest BCUT2D eigenvalue weighted by Gasteiger charge is -2.22. The fourth-order valence-corrected chi connectivity index (χ4v) is 3.12. The number of rotatable bonds is 2. The Morgan fingerprint density at radius 1 is 0.850 bits per heavy atom. The summed E-state index contributed by atoms with van der Waals surface area (Å²) in [5.41, 5.74) is 15.1. The zero-order chi connectivity index (χ0) is 15.0. The first-order chi connectivity index (χ1) is 9.31. The van der Waals surface area contributed by atoms with E-state index in [0.717, 1.165) is 16.1 Å². The average molecular weight is 288 g/mol. The fraction of sp³-hybridized carbons (Fsp3) is 0.333. The molecule has 1 unspecified atom stereocenters. The van der Waals surface area contributed by atoms with Crippen LogP contribution in [0.3, 0.4) is 0 Å². The number of benzene rings is 2. The van der Waals surface area contributed by atoms with Crippen LogP contribution in [0.1, 0.15) is 45.0 Å². The van der Waals surface area contributed by atoms with Crippen molar-refractivity contribution in [2.24, 2.45) is 5.73 Å². The zero-order valence-electron chi connectivity index (χ0n) is 12.8. The van der Waals surface area contributed by atoms with Crippen LogP contribution in [-0.2, 0) is 0 Å². The molecule has 0 aliphatic rings. The van der Waals surface area contributed by atoms with Crippen LogP contribution in [0.25, 0.3) is 0 Å². The van der Waals surface area contributed by atoms with Gasteiger partial charge in [0.25, 0.3) is 0 Å². The lowest BCUT2D eigenvalue weighted by molar-refractivity contribution is 0.844. The maximum atomic E-state index is 6.53. The summed E-state index contributed by atoms with van der Waals surface area (Å²) in [7, 11) is 0. The van der Waals surface area contributed by atoms with Crippen LogP contribution >= 0.6 is 11.6 Å². The standard InChI is InChI=1S/C18H22ClN/c1-10-6-15(9-16(19)7-10)18(20)17-13(4)11(2)8-12(3)14(17)5/h6-9,18H,20H2,1-5H3. The Morgan fingerprint density at radius 2 is 1.40 bits per heavy atom. The minimum absolute atomic E-state index is 0.133. The highest BCUT2D eigenvalue weighted by atomic mass is 35.5. The fourth-order valence-electron chi connectivity index (χ4n) is 2.82. The first-order valence-electron chi connectivity index (χ1n) is 6.91. The van der Waals surface area contributed by atoms with Crippen LogP contribution < -0.4 is 5.73 Å². The highest BCUT2D eigenvalue weighted by Gasteiger charge is 2.17. The van der Waals surface area contributed by atoms with Crippen molar-refractivity contribution in [2.45, 2.75) is 40.7 Å². The number of hydrogen-bond donors (Lipinski definition) is 1. The molecule has 2 aromatic carbocycles. The number of halogens is 1. The van der Waals surface area contributed by atoms with E-state index in [9.17, 15) is 0 Å². The van der Waals surface area contributed by atoms with Gasteiger partial charge in [0.05, 0.1) is 6.04 Å². The van der Waals surface area contributed by atoms with Crippen LogP contribution in [0.2, 0.25) is 5.02 Å². The number of aryl methyl sites for hydroxylation is 3. The normalized spacial score (nSPS) is 12.6. The number of nitrogens with two attached hydrogens (primary N) is 1. The topological polar surface area (TPSA) is 26.0 Å². The SMILES string of the molecule is Cc1cc(Cl)cc(C(N)c2c(C)c(C)cc(C)c2C)c1. The van der Waals surface area contributed by atoms with Crippen molar-refractivity contribution in [1.82, 2.24) is 0 Å². The summed E-state index contributed by atoms with van der Waals surface area (Å²) >= 11 is 6.17. The van der Waals surface area contributed by atoms with E-state index in [2.05, 4.69) is 39.8 Å². The Hall–Kier alpha value is -1.31. The van der Waals surface area contributed by atoms with Crippen molar-refractivity contribution in [1.29, 1.82) is 0 Å². The summed E-state index contributed by atoms with van der Waals surface area (Å²) in [4.78, 5) is 0. The molecule has 0 radical (unpaired) electrons. The summed E-state index contributed by atoms with van der Waals surface area (Å²) in [6.07, 6.45) is 0. The molecule has 0 aromatic heterocycles. The van der Waals surface area contributed by atoms with Gasteiger partial charge in [-0.05, 0) is 85.7 Å². The molecule has 0 saturated heterocycles. The molecule has 2 rings (SSSR count). The second kappa shape index (κ2) is 5.59. The molecule has 0 fully saturated rings. The van der Waals surface area contributed by atoms with Gasteiger partial charge < -0.3 is 5.73 Å². The molecule has 106 valence electrons. The summed E-state index contributed by atoms with van der Waals surface area (Å²) in [5, 5.41) is 0.745. The molecule has 2 N–H and O–H groups in total. The van der Waals surface area contributed by atoms with E-state index < -0.39 is 0 Å². The molecule has 20 heavy (non-hydrogen) atoms. The lowest BCUT2D eigenvalue weighted by atomic mass is 9.87. The van der Waals surface area contributed by atoms with Crippen LogP contribution in [0.15, 0.2) is 24.3 Å². The van der Waals surface area contributed by atoms with Gasteiger partial charge in [-0.2, -0.15) is 0 Å². The van der Waals surface area contributed by atoms with Crippen LogP contribution in [0, 0.1) is 34.6 Å². The number of hydrogen-bond acceptors (Lipinski definition) is 1. The monoisotopic (exact) mass is 287 g/mol. The molecule has 1 nitrogen and oxygen atoms in total. The van der Waals surface area contributed by atoms with E-state index in [0.29, 0.717) is 0 Å². The first kappa shape index (κ1) is 15.1. The third-order valence-electron chi connectivity index (χ3n) is 4.16. The Morgan fingerprint density at radius 3 is 1.90 bits per heavy atom. The van der Waals surface area contributed by atoms with Gasteiger partial charge in [0.1, 0.15) is 0 Å². The third kappa shape index (κ3) is 2.74. The van der Waals surface area contributed by atoms with E-state index in [1.165, 1.54) is 27.8 Å². The van der Waals surface area contributed by atoms with Gasteiger partial charge in [0, 0.05) is 5.02 Å². The van der Waals surface area contributed by atoms with Crippen LogP contribution in [0.5, 0.6) is 0 Å². The van der Waals surface area contributed by atoms with Crippen LogP contribution in [-0.4, -0.2) is 0 Å². The molecule has 0 amide bonds. The van der Waals surface area contributed by atoms with Gasteiger partial charge in [0.15, 0.2) is 0 Å². The molecule has 2 aromatic rings. The summed E-state index contributed by atoms with van der Waals surface area (Å²) in [6, 6.07) is 8.14. The zero-order valence-corrected chi connectivity index (χ0v) is 13.6. The van der Waals surface area contributed by atoms with E-state index in [1.54, 1.807) is 0 Å². The summed E-state index contributed by atoms with van der Waals surface area (Å²) < 4.78 is 0. The molecule has 0 spiro atoms. The Labute approximate surface area is 126 Å². The average Bonchev–Trinajstić information content (AvgIpc) is 2.35. The minimum atomic E-state index is -0.133. The quantitative estimate of drug-likeness (QED) is 0.833. The highest BCUT2D eigenvalue weighted by molar-refractivity contribution is 6.30. The smallest absolute Gasteiger partial charge is 0.0557 e. The Kier molecular flexibility index (Phi) is 4.22. The molecule has 0 aliphatic carbocycles. The van der Waals surface area contributed by atoms with Crippen molar-refractivity contribution < 1.29 is 0 Å². The van der Waals surface area contributed by atoms with Gasteiger partial charge in [-0.3, -0.25) is 0 Å². The van der Waals surface area contributed by atoms with Crippen LogP contribution in [0.4, 0.5) is 0 Å². The van der Waals surface area contributed by atoms with Crippen molar-refractivity contribution in [3.05, 3.63) is 68.2 Å². The van der Waals surface area contributed by atoms with E-state index in [-0.39, 0.29) is 6.04 Å². The molecule has 1 atom stereocenters. The van der Waals surface area contributed by atoms with Crippen molar-refractivity contribution >= 4 is 11.6 Å². The molecular weight excluding hydrogens is 266 g/mol. The highest BCUT2D eigenvalue weighted by Crippen LogP contribution is 2.31. The molecule has 2 heteroatoms. The molecule has 0 bridgehead atoms. The van der Waals surface area contributed by atoms with Gasteiger partial charge in [-0.15, -0.1) is 0 Å². The predicted molar refractivity (Wildman–Crippen MR) is 87.6 cm³/mol. The second-order valence-corrected chi connectivity index (χ2v) is 6.15. The van der Waals surface area contributed by atoms with Crippen molar-refractivity contribution in [3.8, 4) is 0 Å². The minimum Gasteiger partial charge on any atom is -0.320 e. The maximum Gasteiger partial charge on any atom is 0.0557 e. The summed E-state index contributed by atoms with van der Waals surface area (Å²) in [6.45, 7) is 10.6. The van der Waals surface area contributed by atoms with E-state index >= 15 is 0 Å². The van der Waals surface area contributed by atoms with Gasteiger partial charge >= 0.3 is 0 Å². The molecule has 0 heterocycles. The van der Waals surface area contributed by atoms with E-state index in [4.69, 9.17) is 17.3 Å². The predicted octanol–water partition coefficient (Wildman–Crippen LogP) is 4.93.